The van der Waals surface area contributed by atoms with Crippen LogP contribution >= 0.6 is 7.92 Å². The summed E-state index contributed by atoms with van der Waals surface area (Å²) >= 11 is 0. The monoisotopic (exact) mass is 401 g/mol. The molecule has 0 aliphatic heterocycles. The van der Waals surface area contributed by atoms with Crippen LogP contribution in [0.5, 0.6) is 5.88 Å². The fraction of sp³-hybridized carbons (Fsp3) is 0.0556. The first-order valence-electron chi connectivity index (χ1n) is 7.42. The summed E-state index contributed by atoms with van der Waals surface area (Å²) in [6.45, 7) is 0. The van der Waals surface area contributed by atoms with Crippen LogP contribution < -0.4 is 20.8 Å². The van der Waals surface area contributed by atoms with Gasteiger partial charge < -0.3 is 4.74 Å². The summed E-state index contributed by atoms with van der Waals surface area (Å²) in [6, 6.07) is 6.10. The zero-order valence-electron chi connectivity index (χ0n) is 13.6. The van der Waals surface area contributed by atoms with E-state index in [2.05, 4.69) is 4.98 Å². The van der Waals surface area contributed by atoms with Gasteiger partial charge in [0.2, 0.25) is 5.88 Å². The van der Waals surface area contributed by atoms with Crippen molar-refractivity contribution in [1.29, 1.82) is 0 Å². The number of benzene rings is 2. The molecular formula is C18H10F6NOP. The van der Waals surface area contributed by atoms with Crippen LogP contribution in [0.3, 0.4) is 0 Å². The third-order valence-electron chi connectivity index (χ3n) is 3.58. The van der Waals surface area contributed by atoms with Crippen LogP contribution in [-0.2, 0) is 0 Å². The van der Waals surface area contributed by atoms with E-state index in [1.54, 1.807) is 0 Å². The highest BCUT2D eigenvalue weighted by atomic mass is 31.1. The number of hydrogen-bond donors (Lipinski definition) is 0. The molecule has 0 spiro atoms. The van der Waals surface area contributed by atoms with Crippen molar-refractivity contribution in [2.45, 2.75) is 0 Å². The predicted molar refractivity (Wildman–Crippen MR) is 89.2 cm³/mol. The van der Waals surface area contributed by atoms with Crippen molar-refractivity contribution in [3.8, 4) is 5.88 Å². The van der Waals surface area contributed by atoms with Crippen LogP contribution in [0.2, 0.25) is 0 Å². The van der Waals surface area contributed by atoms with Gasteiger partial charge in [0.05, 0.1) is 12.5 Å². The summed E-state index contributed by atoms with van der Waals surface area (Å²) in [6.07, 6.45) is 0. The molecule has 0 radical (unpaired) electrons. The maximum Gasteiger partial charge on any atom is 0.213 e. The Morgan fingerprint density at radius 2 is 1.30 bits per heavy atom. The van der Waals surface area contributed by atoms with E-state index in [0.717, 1.165) is 0 Å². The third kappa shape index (κ3) is 3.76. The largest absolute Gasteiger partial charge is 0.481 e. The van der Waals surface area contributed by atoms with E-state index >= 15 is 0 Å². The first-order valence-corrected chi connectivity index (χ1v) is 8.76. The van der Waals surface area contributed by atoms with Crippen LogP contribution in [0.15, 0.2) is 42.5 Å². The average molecular weight is 401 g/mol. The van der Waals surface area contributed by atoms with Gasteiger partial charge in [-0.05, 0) is 18.2 Å². The van der Waals surface area contributed by atoms with Crippen molar-refractivity contribution in [3.05, 3.63) is 77.4 Å². The summed E-state index contributed by atoms with van der Waals surface area (Å²) in [7, 11) is -1.18. The second-order valence-electron chi connectivity index (χ2n) is 5.31. The summed E-state index contributed by atoms with van der Waals surface area (Å²) in [5, 5.41) is -1.21. The minimum absolute atomic E-state index is 0.0505. The van der Waals surface area contributed by atoms with Gasteiger partial charge in [0.25, 0.3) is 0 Å². The molecule has 0 fully saturated rings. The number of halogens is 6. The molecule has 3 rings (SSSR count). The van der Waals surface area contributed by atoms with Gasteiger partial charge in [-0.3, -0.25) is 0 Å². The summed E-state index contributed by atoms with van der Waals surface area (Å²) in [4.78, 5) is 4.03. The van der Waals surface area contributed by atoms with Crippen LogP contribution in [-0.4, -0.2) is 12.1 Å². The van der Waals surface area contributed by atoms with Crippen molar-refractivity contribution in [2.24, 2.45) is 0 Å². The molecule has 9 heteroatoms. The molecule has 0 amide bonds. The molecule has 27 heavy (non-hydrogen) atoms. The Bertz CT molecular complexity index is 956. The molecule has 3 aromatic rings. The number of nitrogens with zero attached hydrogens (tertiary/aromatic N) is 1. The molecule has 0 bridgehead atoms. The molecule has 0 N–H and O–H groups in total. The maximum absolute atomic E-state index is 14.4. The van der Waals surface area contributed by atoms with Crippen LogP contribution in [0.25, 0.3) is 0 Å². The highest BCUT2D eigenvalue weighted by molar-refractivity contribution is 7.79. The smallest absolute Gasteiger partial charge is 0.213 e. The summed E-state index contributed by atoms with van der Waals surface area (Å²) in [5.41, 5.74) is -0.0582. The molecule has 1 heterocycles. The summed E-state index contributed by atoms with van der Waals surface area (Å²) < 4.78 is 88.7. The molecule has 140 valence electrons. The molecule has 2 aromatic carbocycles. The average Bonchev–Trinajstić information content (AvgIpc) is 2.63. The van der Waals surface area contributed by atoms with E-state index in [1.165, 1.54) is 25.3 Å². The van der Waals surface area contributed by atoms with Gasteiger partial charge in [-0.25, -0.2) is 31.3 Å². The highest BCUT2D eigenvalue weighted by Gasteiger charge is 2.29. The molecule has 2 nitrogen and oxygen atoms in total. The second kappa shape index (κ2) is 7.56. The topological polar surface area (TPSA) is 22.1 Å². The first-order chi connectivity index (χ1) is 12.8. The molecule has 0 aliphatic rings. The van der Waals surface area contributed by atoms with E-state index in [9.17, 15) is 26.3 Å². The van der Waals surface area contributed by atoms with Crippen molar-refractivity contribution in [3.63, 3.8) is 0 Å². The highest BCUT2D eigenvalue weighted by Crippen LogP contribution is 2.36. The Kier molecular flexibility index (Phi) is 5.37. The summed E-state index contributed by atoms with van der Waals surface area (Å²) in [5.74, 6) is -8.16. The molecule has 0 saturated carbocycles. The molecule has 1 aromatic heterocycles. The van der Waals surface area contributed by atoms with Gasteiger partial charge in [0.15, 0.2) is 23.3 Å². The van der Waals surface area contributed by atoms with E-state index in [-0.39, 0.29) is 11.3 Å². The minimum Gasteiger partial charge on any atom is -0.481 e. The standard InChI is InChI=1S/C18H10F6NOP/c1-26-15-3-2-4-16(25-15)27(13-7-9(19)5-11(21)17(13)23)14-8-10(20)6-12(22)18(14)24/h2-8H,1H3. The van der Waals surface area contributed by atoms with Gasteiger partial charge in [0.1, 0.15) is 11.6 Å². The first kappa shape index (κ1) is 19.2. The molecule has 0 atom stereocenters. The van der Waals surface area contributed by atoms with Crippen molar-refractivity contribution in [2.75, 3.05) is 7.11 Å². The molecular weight excluding hydrogens is 391 g/mol. The maximum atomic E-state index is 14.4. The minimum atomic E-state index is -2.48. The van der Waals surface area contributed by atoms with E-state index < -0.39 is 53.4 Å². The Labute approximate surface area is 151 Å². The van der Waals surface area contributed by atoms with Crippen molar-refractivity contribution >= 4 is 24.0 Å². The van der Waals surface area contributed by atoms with Gasteiger partial charge in [0, 0.05) is 36.7 Å². The fourth-order valence-corrected chi connectivity index (χ4v) is 4.73. The van der Waals surface area contributed by atoms with Gasteiger partial charge >= 0.3 is 0 Å². The lowest BCUT2D eigenvalue weighted by Crippen LogP contribution is -2.28. The zero-order valence-corrected chi connectivity index (χ0v) is 14.5. The van der Waals surface area contributed by atoms with Crippen molar-refractivity contribution in [1.82, 2.24) is 4.98 Å². The lowest BCUT2D eigenvalue weighted by Gasteiger charge is -2.20. The van der Waals surface area contributed by atoms with Gasteiger partial charge in [-0.15, -0.1) is 0 Å². The van der Waals surface area contributed by atoms with E-state index in [1.807, 2.05) is 0 Å². The van der Waals surface area contributed by atoms with Gasteiger partial charge in [-0.2, -0.15) is 0 Å². The molecule has 0 aliphatic carbocycles. The Hall–Kier alpha value is -2.60. The normalized spacial score (nSPS) is 11.1. The SMILES string of the molecule is COc1cccc(P(c2cc(F)cc(F)c2F)c2cc(F)cc(F)c2F)n1. The number of methoxy groups -OCH3 is 1. The fourth-order valence-electron chi connectivity index (χ4n) is 2.43. The number of aromatic nitrogens is 1. The lowest BCUT2D eigenvalue weighted by molar-refractivity contribution is 0.399. The zero-order chi connectivity index (χ0) is 19.7. The lowest BCUT2D eigenvalue weighted by atomic mass is 10.3. The van der Waals surface area contributed by atoms with Crippen molar-refractivity contribution < 1.29 is 31.1 Å². The number of pyridine rings is 1. The van der Waals surface area contributed by atoms with Crippen LogP contribution in [0.4, 0.5) is 26.3 Å². The predicted octanol–water partition coefficient (Wildman–Crippen LogP) is 3.68. The van der Waals surface area contributed by atoms with Crippen LogP contribution in [0, 0.1) is 34.9 Å². The second-order valence-corrected chi connectivity index (χ2v) is 7.41. The number of hydrogen-bond acceptors (Lipinski definition) is 2. The quantitative estimate of drug-likeness (QED) is 0.378. The Morgan fingerprint density at radius 3 is 1.78 bits per heavy atom. The van der Waals surface area contributed by atoms with Crippen LogP contribution in [0.1, 0.15) is 0 Å². The Morgan fingerprint density at radius 1 is 0.778 bits per heavy atom. The Balaban J connectivity index is 2.35. The third-order valence-corrected chi connectivity index (χ3v) is 5.90. The van der Waals surface area contributed by atoms with Gasteiger partial charge in [-0.1, -0.05) is 6.07 Å². The van der Waals surface area contributed by atoms with E-state index in [0.29, 0.717) is 24.3 Å². The molecule has 0 unspecified atom stereocenters. The molecule has 0 saturated heterocycles. The van der Waals surface area contributed by atoms with E-state index in [4.69, 9.17) is 4.74 Å². The number of rotatable bonds is 4. The number of ether oxygens (including phenoxy) is 1.